The van der Waals surface area contributed by atoms with Crippen LogP contribution in [0.5, 0.6) is 0 Å². The zero-order valence-electron chi connectivity index (χ0n) is 12.3. The number of nitrogens with one attached hydrogen (secondary N) is 1. The number of tetrazole rings is 1. The van der Waals surface area contributed by atoms with Gasteiger partial charge in [-0.3, -0.25) is 4.79 Å². The average Bonchev–Trinajstić information content (AvgIpc) is 3.24. The van der Waals surface area contributed by atoms with Crippen LogP contribution in [0, 0.1) is 6.92 Å². The molecule has 0 aliphatic carbocycles. The van der Waals surface area contributed by atoms with Crippen LogP contribution in [0.3, 0.4) is 0 Å². The molecule has 23 heavy (non-hydrogen) atoms. The first-order chi connectivity index (χ1) is 11.2. The van der Waals surface area contributed by atoms with E-state index in [0.717, 1.165) is 0 Å². The summed E-state index contributed by atoms with van der Waals surface area (Å²) in [6.07, 6.45) is 0.336. The Kier molecular flexibility index (Phi) is 5.03. The maximum Gasteiger partial charge on any atom is 0.226 e. The van der Waals surface area contributed by atoms with Gasteiger partial charge in [-0.2, -0.15) is 0 Å². The molecule has 3 aromatic heterocycles. The van der Waals surface area contributed by atoms with E-state index in [4.69, 9.17) is 4.52 Å². The lowest BCUT2D eigenvalue weighted by molar-refractivity contribution is -0.115. The molecule has 3 rings (SSSR count). The molecule has 3 aromatic rings. The second-order valence-corrected chi connectivity index (χ2v) is 6.76. The largest absolute Gasteiger partial charge is 0.360 e. The predicted molar refractivity (Wildman–Crippen MR) is 86.4 cm³/mol. The molecule has 1 amide bonds. The van der Waals surface area contributed by atoms with Crippen molar-refractivity contribution in [1.29, 1.82) is 0 Å². The molecule has 0 unspecified atom stereocenters. The molecule has 0 saturated carbocycles. The molecule has 3 heterocycles. The fourth-order valence-corrected chi connectivity index (χ4v) is 3.32. The van der Waals surface area contributed by atoms with Gasteiger partial charge in [0.1, 0.15) is 5.76 Å². The molecule has 0 aliphatic heterocycles. The minimum absolute atomic E-state index is 0.122. The van der Waals surface area contributed by atoms with E-state index in [-0.39, 0.29) is 5.91 Å². The normalized spacial score (nSPS) is 10.8. The lowest BCUT2D eigenvalue weighted by Gasteiger charge is -2.03. The van der Waals surface area contributed by atoms with Crippen LogP contribution in [-0.2, 0) is 11.3 Å². The van der Waals surface area contributed by atoms with E-state index in [2.05, 4.69) is 26.0 Å². The SMILES string of the molecule is Cc1cc(NC(=O)CCSc2nnnn2Cc2cccs2)no1. The minimum atomic E-state index is -0.122. The number of rotatable bonds is 7. The van der Waals surface area contributed by atoms with Crippen LogP contribution >= 0.6 is 23.1 Å². The van der Waals surface area contributed by atoms with Crippen molar-refractivity contribution in [3.8, 4) is 0 Å². The summed E-state index contributed by atoms with van der Waals surface area (Å²) < 4.78 is 6.63. The first kappa shape index (κ1) is 15.7. The highest BCUT2D eigenvalue weighted by molar-refractivity contribution is 7.99. The molecule has 8 nitrogen and oxygen atoms in total. The summed E-state index contributed by atoms with van der Waals surface area (Å²) in [6, 6.07) is 5.70. The minimum Gasteiger partial charge on any atom is -0.360 e. The number of nitrogens with zero attached hydrogens (tertiary/aromatic N) is 5. The van der Waals surface area contributed by atoms with Gasteiger partial charge in [-0.25, -0.2) is 4.68 Å². The number of thiophene rings is 1. The molecule has 1 N–H and O–H groups in total. The number of hydrogen-bond acceptors (Lipinski definition) is 8. The number of anilines is 1. The second kappa shape index (κ2) is 7.38. The van der Waals surface area contributed by atoms with E-state index in [9.17, 15) is 4.79 Å². The fraction of sp³-hybridized carbons (Fsp3) is 0.308. The Morgan fingerprint density at radius 1 is 1.52 bits per heavy atom. The van der Waals surface area contributed by atoms with E-state index < -0.39 is 0 Å². The standard InChI is InChI=1S/C13H14N6O2S2/c1-9-7-11(16-21-9)14-12(20)4-6-23-13-15-17-18-19(13)8-10-3-2-5-22-10/h2-3,5,7H,4,6,8H2,1H3,(H,14,16,20). The quantitative estimate of drug-likeness (QED) is 0.652. The Labute approximate surface area is 140 Å². The molecule has 0 fully saturated rings. The third kappa shape index (κ3) is 4.39. The van der Waals surface area contributed by atoms with E-state index in [1.807, 2.05) is 17.5 Å². The highest BCUT2D eigenvalue weighted by Crippen LogP contribution is 2.18. The van der Waals surface area contributed by atoms with Gasteiger partial charge in [-0.05, 0) is 28.8 Å². The number of aryl methyl sites for hydroxylation is 1. The van der Waals surface area contributed by atoms with Crippen LogP contribution in [0.4, 0.5) is 5.82 Å². The van der Waals surface area contributed by atoms with Gasteiger partial charge < -0.3 is 9.84 Å². The molecule has 0 atom stereocenters. The van der Waals surface area contributed by atoms with E-state index in [0.29, 0.717) is 35.5 Å². The Morgan fingerprint density at radius 2 is 2.43 bits per heavy atom. The van der Waals surface area contributed by atoms with Crippen LogP contribution in [0.15, 0.2) is 33.3 Å². The van der Waals surface area contributed by atoms with Gasteiger partial charge in [0.2, 0.25) is 11.1 Å². The molecular formula is C13H14N6O2S2. The summed E-state index contributed by atoms with van der Waals surface area (Å²) >= 11 is 3.10. The van der Waals surface area contributed by atoms with Crippen molar-refractivity contribution in [2.45, 2.75) is 25.0 Å². The molecule has 0 bridgehead atoms. The molecule has 0 radical (unpaired) electrons. The maximum atomic E-state index is 11.8. The summed E-state index contributed by atoms with van der Waals surface area (Å²) in [4.78, 5) is 13.0. The van der Waals surface area contributed by atoms with Gasteiger partial charge in [0.15, 0.2) is 5.82 Å². The zero-order chi connectivity index (χ0) is 16.1. The van der Waals surface area contributed by atoms with Crippen LogP contribution in [0.2, 0.25) is 0 Å². The zero-order valence-corrected chi connectivity index (χ0v) is 13.9. The van der Waals surface area contributed by atoms with Crippen molar-refractivity contribution in [1.82, 2.24) is 25.4 Å². The molecule has 0 saturated heterocycles. The lowest BCUT2D eigenvalue weighted by atomic mass is 10.4. The Morgan fingerprint density at radius 3 is 3.17 bits per heavy atom. The molecule has 0 spiro atoms. The smallest absolute Gasteiger partial charge is 0.226 e. The third-order valence-electron chi connectivity index (χ3n) is 2.84. The summed E-state index contributed by atoms with van der Waals surface area (Å²) in [5, 5.41) is 20.8. The summed E-state index contributed by atoms with van der Waals surface area (Å²) in [7, 11) is 0. The van der Waals surface area contributed by atoms with Crippen LogP contribution in [0.25, 0.3) is 0 Å². The average molecular weight is 350 g/mol. The van der Waals surface area contributed by atoms with Crippen molar-refractivity contribution < 1.29 is 9.32 Å². The third-order valence-corrected chi connectivity index (χ3v) is 4.66. The number of carbonyl (C=O) groups excluding carboxylic acids is 1. The lowest BCUT2D eigenvalue weighted by Crippen LogP contribution is -2.12. The van der Waals surface area contributed by atoms with Gasteiger partial charge in [0, 0.05) is 23.1 Å². The maximum absolute atomic E-state index is 11.8. The monoisotopic (exact) mass is 350 g/mol. The first-order valence-corrected chi connectivity index (χ1v) is 8.72. The van der Waals surface area contributed by atoms with Crippen molar-refractivity contribution in [2.24, 2.45) is 0 Å². The molecule has 10 heteroatoms. The van der Waals surface area contributed by atoms with Crippen LogP contribution in [0.1, 0.15) is 17.1 Å². The number of carbonyl (C=O) groups is 1. The van der Waals surface area contributed by atoms with Crippen molar-refractivity contribution in [3.05, 3.63) is 34.2 Å². The molecule has 0 aliphatic rings. The molecular weight excluding hydrogens is 336 g/mol. The highest BCUT2D eigenvalue weighted by atomic mass is 32.2. The Balaban J connectivity index is 1.47. The van der Waals surface area contributed by atoms with Gasteiger partial charge in [-0.1, -0.05) is 23.0 Å². The predicted octanol–water partition coefficient (Wildman–Crippen LogP) is 2.20. The molecule has 0 aromatic carbocycles. The number of aromatic nitrogens is 5. The summed E-state index contributed by atoms with van der Waals surface area (Å²) in [5.41, 5.74) is 0. The highest BCUT2D eigenvalue weighted by Gasteiger charge is 2.10. The Bertz CT molecular complexity index is 767. The van der Waals surface area contributed by atoms with E-state index >= 15 is 0 Å². The molecule has 120 valence electrons. The van der Waals surface area contributed by atoms with Crippen LogP contribution < -0.4 is 5.32 Å². The van der Waals surface area contributed by atoms with Crippen LogP contribution in [-0.4, -0.2) is 37.0 Å². The van der Waals surface area contributed by atoms with Gasteiger partial charge in [-0.15, -0.1) is 16.4 Å². The number of amides is 1. The summed E-state index contributed by atoms with van der Waals surface area (Å²) in [6.45, 7) is 2.41. The fourth-order valence-electron chi connectivity index (χ4n) is 1.81. The number of hydrogen-bond donors (Lipinski definition) is 1. The van der Waals surface area contributed by atoms with Crippen molar-refractivity contribution in [3.63, 3.8) is 0 Å². The van der Waals surface area contributed by atoms with Crippen molar-refractivity contribution >= 4 is 34.8 Å². The topological polar surface area (TPSA) is 98.7 Å². The summed E-state index contributed by atoms with van der Waals surface area (Å²) in [5.74, 6) is 1.54. The van der Waals surface area contributed by atoms with E-state index in [1.165, 1.54) is 16.6 Å². The second-order valence-electron chi connectivity index (χ2n) is 4.67. The van der Waals surface area contributed by atoms with Gasteiger partial charge >= 0.3 is 0 Å². The van der Waals surface area contributed by atoms with Crippen molar-refractivity contribution in [2.75, 3.05) is 11.1 Å². The van der Waals surface area contributed by atoms with Gasteiger partial charge in [0.05, 0.1) is 6.54 Å². The Hall–Kier alpha value is -2.20. The first-order valence-electron chi connectivity index (χ1n) is 6.85. The van der Waals surface area contributed by atoms with E-state index in [1.54, 1.807) is 29.0 Å². The number of thioether (sulfide) groups is 1. The van der Waals surface area contributed by atoms with Gasteiger partial charge in [0.25, 0.3) is 0 Å².